The quantitative estimate of drug-likeness (QED) is 0.601. The van der Waals surface area contributed by atoms with Gasteiger partial charge in [-0.2, -0.15) is 0 Å². The fraction of sp³-hybridized carbons (Fsp3) is 0.455. The maximum absolute atomic E-state index is 9.10. The third-order valence-corrected chi connectivity index (χ3v) is 2.87. The minimum atomic E-state index is 0.110. The predicted molar refractivity (Wildman–Crippen MR) is 66.3 cm³/mol. The molecular formula is C11H17N5O. The Morgan fingerprint density at radius 1 is 1.53 bits per heavy atom. The average molecular weight is 235 g/mol. The predicted octanol–water partition coefficient (Wildman–Crippen LogP) is 0.401. The molecule has 2 aromatic heterocycles. The molecule has 5 N–H and O–H groups in total. The average Bonchev–Trinajstić information content (AvgIpc) is 2.75. The van der Waals surface area contributed by atoms with Gasteiger partial charge in [0.25, 0.3) is 0 Å². The Morgan fingerprint density at radius 2 is 2.35 bits per heavy atom. The highest BCUT2D eigenvalue weighted by molar-refractivity contribution is 5.86. The molecule has 0 fully saturated rings. The van der Waals surface area contributed by atoms with Gasteiger partial charge in [-0.05, 0) is 6.42 Å². The van der Waals surface area contributed by atoms with Crippen LogP contribution in [0.1, 0.15) is 18.9 Å². The van der Waals surface area contributed by atoms with Crippen LogP contribution in [0.4, 0.5) is 5.82 Å². The second-order valence-electron chi connectivity index (χ2n) is 3.97. The van der Waals surface area contributed by atoms with E-state index in [1.54, 1.807) is 0 Å². The highest BCUT2D eigenvalue weighted by Crippen LogP contribution is 2.18. The number of anilines is 1. The molecule has 0 radical (unpaired) electrons. The number of rotatable bonds is 5. The molecule has 6 heteroatoms. The molecule has 0 aliphatic carbocycles. The molecule has 2 rings (SSSR count). The lowest BCUT2D eigenvalue weighted by Crippen LogP contribution is -2.31. The number of fused-ring (bicyclic) bond motifs is 1. The van der Waals surface area contributed by atoms with Crippen molar-refractivity contribution in [2.75, 3.05) is 12.3 Å². The normalized spacial score (nSPS) is 13.1. The number of nitrogens with two attached hydrogens (primary N) is 1. The summed E-state index contributed by atoms with van der Waals surface area (Å²) in [5.41, 5.74) is 8.36. The maximum atomic E-state index is 9.10. The van der Waals surface area contributed by atoms with Gasteiger partial charge in [-0.25, -0.2) is 9.97 Å². The van der Waals surface area contributed by atoms with Gasteiger partial charge in [0.1, 0.15) is 11.8 Å². The van der Waals surface area contributed by atoms with Crippen LogP contribution in [0, 0.1) is 0 Å². The Balaban J connectivity index is 2.17. The van der Waals surface area contributed by atoms with Crippen molar-refractivity contribution in [3.63, 3.8) is 0 Å². The van der Waals surface area contributed by atoms with E-state index in [0.717, 1.165) is 23.0 Å². The summed E-state index contributed by atoms with van der Waals surface area (Å²) in [5.74, 6) is 0.454. The minimum Gasteiger partial charge on any atom is -0.395 e. The lowest BCUT2D eigenvalue weighted by Gasteiger charge is -2.12. The summed E-state index contributed by atoms with van der Waals surface area (Å²) in [7, 11) is 0. The summed E-state index contributed by atoms with van der Waals surface area (Å²) in [6.07, 6.45) is 4.21. The van der Waals surface area contributed by atoms with Gasteiger partial charge in [-0.3, -0.25) is 0 Å². The second-order valence-corrected chi connectivity index (χ2v) is 3.97. The van der Waals surface area contributed by atoms with E-state index >= 15 is 0 Å². The molecule has 0 saturated carbocycles. The van der Waals surface area contributed by atoms with Crippen LogP contribution < -0.4 is 11.1 Å². The second kappa shape index (κ2) is 5.11. The number of hydrogen-bond acceptors (Lipinski definition) is 5. The number of aromatic amines is 1. The van der Waals surface area contributed by atoms with Crippen LogP contribution in [0.5, 0.6) is 0 Å². The lowest BCUT2D eigenvalue weighted by molar-refractivity contribution is 0.238. The van der Waals surface area contributed by atoms with Crippen molar-refractivity contribution < 1.29 is 5.11 Å². The van der Waals surface area contributed by atoms with E-state index in [1.807, 2.05) is 13.1 Å². The minimum absolute atomic E-state index is 0.110. The van der Waals surface area contributed by atoms with Crippen molar-refractivity contribution >= 4 is 16.9 Å². The first-order valence-electron chi connectivity index (χ1n) is 5.67. The van der Waals surface area contributed by atoms with Gasteiger partial charge in [0.05, 0.1) is 12.1 Å². The SMILES string of the molecule is CCC(CO)NCc1c[nH]c2c(N)ncnc12. The molecule has 17 heavy (non-hydrogen) atoms. The Bertz CT molecular complexity index is 492. The first-order valence-corrected chi connectivity index (χ1v) is 5.67. The van der Waals surface area contributed by atoms with E-state index in [9.17, 15) is 0 Å². The smallest absolute Gasteiger partial charge is 0.151 e. The van der Waals surface area contributed by atoms with Crippen LogP contribution in [-0.2, 0) is 6.54 Å². The number of H-pyrrole nitrogens is 1. The monoisotopic (exact) mass is 235 g/mol. The molecule has 0 amide bonds. The fourth-order valence-corrected chi connectivity index (χ4v) is 1.74. The van der Waals surface area contributed by atoms with E-state index in [2.05, 4.69) is 20.3 Å². The summed E-state index contributed by atoms with van der Waals surface area (Å²) < 4.78 is 0. The van der Waals surface area contributed by atoms with Crippen LogP contribution in [0.15, 0.2) is 12.5 Å². The topological polar surface area (TPSA) is 99.8 Å². The summed E-state index contributed by atoms with van der Waals surface area (Å²) >= 11 is 0. The molecule has 0 saturated heterocycles. The highest BCUT2D eigenvalue weighted by Gasteiger charge is 2.09. The van der Waals surface area contributed by atoms with E-state index in [-0.39, 0.29) is 12.6 Å². The van der Waals surface area contributed by atoms with Crippen LogP contribution >= 0.6 is 0 Å². The van der Waals surface area contributed by atoms with E-state index in [4.69, 9.17) is 10.8 Å². The molecule has 92 valence electrons. The number of nitrogen functional groups attached to an aromatic ring is 1. The number of aliphatic hydroxyl groups is 1. The summed E-state index contributed by atoms with van der Waals surface area (Å²) in [4.78, 5) is 11.2. The number of aromatic nitrogens is 3. The van der Waals surface area contributed by atoms with Crippen molar-refractivity contribution in [2.24, 2.45) is 0 Å². The van der Waals surface area contributed by atoms with Crippen LogP contribution in [0.3, 0.4) is 0 Å². The molecule has 2 aromatic rings. The summed E-state index contributed by atoms with van der Waals surface area (Å²) in [6, 6.07) is 0.110. The standard InChI is InChI=1S/C11H17N5O/c1-2-8(5-17)13-3-7-4-14-10-9(7)15-6-16-11(10)12/h4,6,8,13-14,17H,2-3,5H2,1H3,(H2,12,15,16). The molecule has 2 heterocycles. The van der Waals surface area contributed by atoms with Gasteiger partial charge in [-0.1, -0.05) is 6.92 Å². The first-order chi connectivity index (χ1) is 8.26. The molecule has 1 atom stereocenters. The number of aliphatic hydroxyl groups excluding tert-OH is 1. The van der Waals surface area contributed by atoms with Crippen molar-refractivity contribution in [1.82, 2.24) is 20.3 Å². The van der Waals surface area contributed by atoms with E-state index < -0.39 is 0 Å². The Labute approximate surface area is 99.3 Å². The maximum Gasteiger partial charge on any atom is 0.151 e. The largest absolute Gasteiger partial charge is 0.395 e. The molecule has 0 aliphatic rings. The highest BCUT2D eigenvalue weighted by atomic mass is 16.3. The number of nitrogens with one attached hydrogen (secondary N) is 2. The third kappa shape index (κ3) is 2.37. The van der Waals surface area contributed by atoms with Crippen LogP contribution in [0.2, 0.25) is 0 Å². The van der Waals surface area contributed by atoms with Gasteiger partial charge >= 0.3 is 0 Å². The number of nitrogens with zero attached hydrogens (tertiary/aromatic N) is 2. The van der Waals surface area contributed by atoms with Crippen molar-refractivity contribution in [1.29, 1.82) is 0 Å². The molecule has 0 spiro atoms. The van der Waals surface area contributed by atoms with E-state index in [0.29, 0.717) is 12.4 Å². The van der Waals surface area contributed by atoms with Crippen LogP contribution in [-0.4, -0.2) is 32.7 Å². The summed E-state index contributed by atoms with van der Waals surface area (Å²) in [6.45, 7) is 2.81. The molecule has 1 unspecified atom stereocenters. The van der Waals surface area contributed by atoms with E-state index in [1.165, 1.54) is 6.33 Å². The Hall–Kier alpha value is -1.66. The fourth-order valence-electron chi connectivity index (χ4n) is 1.74. The van der Waals surface area contributed by atoms with Gasteiger partial charge in [0, 0.05) is 24.3 Å². The number of hydrogen-bond donors (Lipinski definition) is 4. The van der Waals surface area contributed by atoms with Gasteiger partial charge in [-0.15, -0.1) is 0 Å². The van der Waals surface area contributed by atoms with Crippen molar-refractivity contribution in [3.05, 3.63) is 18.1 Å². The Morgan fingerprint density at radius 3 is 3.06 bits per heavy atom. The zero-order chi connectivity index (χ0) is 12.3. The molecule has 0 aliphatic heterocycles. The molecule has 0 bridgehead atoms. The third-order valence-electron chi connectivity index (χ3n) is 2.87. The van der Waals surface area contributed by atoms with Crippen molar-refractivity contribution in [3.8, 4) is 0 Å². The van der Waals surface area contributed by atoms with Gasteiger partial charge in [0.15, 0.2) is 5.82 Å². The Kier molecular flexibility index (Phi) is 3.55. The van der Waals surface area contributed by atoms with Gasteiger partial charge < -0.3 is 21.1 Å². The molecule has 0 aromatic carbocycles. The van der Waals surface area contributed by atoms with Crippen molar-refractivity contribution in [2.45, 2.75) is 25.9 Å². The van der Waals surface area contributed by atoms with Gasteiger partial charge in [0.2, 0.25) is 0 Å². The van der Waals surface area contributed by atoms with Crippen LogP contribution in [0.25, 0.3) is 11.0 Å². The zero-order valence-electron chi connectivity index (χ0n) is 9.77. The zero-order valence-corrected chi connectivity index (χ0v) is 9.77. The summed E-state index contributed by atoms with van der Waals surface area (Å²) in [5, 5.41) is 12.4. The lowest BCUT2D eigenvalue weighted by atomic mass is 10.2. The molecular weight excluding hydrogens is 218 g/mol. The first kappa shape index (κ1) is 11.8. The molecule has 6 nitrogen and oxygen atoms in total.